The third kappa shape index (κ3) is 3.29. The van der Waals surface area contributed by atoms with Gasteiger partial charge in [0.15, 0.2) is 0 Å². The Morgan fingerprint density at radius 2 is 2.06 bits per heavy atom. The van der Waals surface area contributed by atoms with Crippen molar-refractivity contribution in [1.29, 1.82) is 0 Å². The van der Waals surface area contributed by atoms with Crippen LogP contribution in [0.15, 0.2) is 18.2 Å². The van der Waals surface area contributed by atoms with Crippen LogP contribution in [0.25, 0.3) is 0 Å². The summed E-state index contributed by atoms with van der Waals surface area (Å²) in [5.41, 5.74) is 1.72. The topological polar surface area (TPSA) is 23.5 Å². The first-order valence-corrected chi connectivity index (χ1v) is 5.90. The van der Waals surface area contributed by atoms with E-state index in [-0.39, 0.29) is 12.4 Å². The van der Waals surface area contributed by atoms with Crippen molar-refractivity contribution in [2.45, 2.75) is 19.4 Å². The Hall–Kier alpha value is -1.37. The van der Waals surface area contributed by atoms with Gasteiger partial charge in [0.1, 0.15) is 12.4 Å². The second-order valence-corrected chi connectivity index (χ2v) is 4.24. The van der Waals surface area contributed by atoms with Crippen LogP contribution < -0.4 is 0 Å². The number of aliphatic hydroxyl groups is 1. The molecule has 90 valence electrons. The van der Waals surface area contributed by atoms with E-state index in [2.05, 4.69) is 16.7 Å². The maximum absolute atomic E-state index is 13.1. The van der Waals surface area contributed by atoms with Gasteiger partial charge in [-0.05, 0) is 43.6 Å². The molecule has 0 atom stereocenters. The lowest BCUT2D eigenvalue weighted by atomic mass is 10.1. The van der Waals surface area contributed by atoms with Crippen LogP contribution in [0.3, 0.4) is 0 Å². The van der Waals surface area contributed by atoms with Gasteiger partial charge in [0.2, 0.25) is 0 Å². The van der Waals surface area contributed by atoms with E-state index in [0.29, 0.717) is 5.56 Å². The molecule has 0 amide bonds. The van der Waals surface area contributed by atoms with Gasteiger partial charge in [0, 0.05) is 12.1 Å². The van der Waals surface area contributed by atoms with E-state index in [9.17, 15) is 4.39 Å². The van der Waals surface area contributed by atoms with E-state index in [1.165, 1.54) is 25.0 Å². The summed E-state index contributed by atoms with van der Waals surface area (Å²) in [6.45, 7) is 2.82. The van der Waals surface area contributed by atoms with Crippen LogP contribution in [0, 0.1) is 17.7 Å². The average molecular weight is 233 g/mol. The molecule has 0 aliphatic carbocycles. The fraction of sp³-hybridized carbons (Fsp3) is 0.429. The largest absolute Gasteiger partial charge is 0.384 e. The minimum atomic E-state index is -0.280. The van der Waals surface area contributed by atoms with Crippen LogP contribution in [0.4, 0.5) is 4.39 Å². The summed E-state index contributed by atoms with van der Waals surface area (Å²) in [6.07, 6.45) is 2.47. The molecule has 1 fully saturated rings. The van der Waals surface area contributed by atoms with E-state index < -0.39 is 0 Å². The molecule has 2 nitrogen and oxygen atoms in total. The number of halogens is 1. The number of likely N-dealkylation sites (tertiary alicyclic amines) is 1. The summed E-state index contributed by atoms with van der Waals surface area (Å²) in [5.74, 6) is 5.11. The van der Waals surface area contributed by atoms with Crippen LogP contribution in [-0.2, 0) is 6.54 Å². The molecule has 17 heavy (non-hydrogen) atoms. The minimum absolute atomic E-state index is 0.195. The second kappa shape index (κ2) is 5.81. The molecule has 0 aromatic heterocycles. The molecule has 0 saturated carbocycles. The lowest BCUT2D eigenvalue weighted by Gasteiger charge is -2.15. The zero-order valence-electron chi connectivity index (χ0n) is 9.75. The van der Waals surface area contributed by atoms with Gasteiger partial charge in [-0.25, -0.2) is 4.39 Å². The molecule has 1 saturated heterocycles. The van der Waals surface area contributed by atoms with Crippen molar-refractivity contribution in [3.8, 4) is 11.8 Å². The van der Waals surface area contributed by atoms with Crippen molar-refractivity contribution < 1.29 is 9.50 Å². The standard InChI is InChI=1S/C14H16FNO/c15-14-6-5-13(11-16-7-1-2-8-16)12(10-14)4-3-9-17/h5-6,10,17H,1-2,7-9,11H2. The highest BCUT2D eigenvalue weighted by Crippen LogP contribution is 2.16. The predicted molar refractivity (Wildman–Crippen MR) is 64.9 cm³/mol. The molecule has 1 heterocycles. The predicted octanol–water partition coefficient (Wildman–Crippen LogP) is 1.77. The maximum atomic E-state index is 13.1. The van der Waals surface area contributed by atoms with Crippen molar-refractivity contribution in [2.75, 3.05) is 19.7 Å². The summed E-state index contributed by atoms with van der Waals surface area (Å²) in [6, 6.07) is 4.69. The van der Waals surface area contributed by atoms with Gasteiger partial charge in [0.05, 0.1) is 0 Å². The zero-order valence-corrected chi connectivity index (χ0v) is 9.75. The molecule has 0 bridgehead atoms. The molecule has 0 unspecified atom stereocenters. The van der Waals surface area contributed by atoms with Crippen LogP contribution >= 0.6 is 0 Å². The first-order valence-electron chi connectivity index (χ1n) is 5.90. The Morgan fingerprint density at radius 1 is 1.29 bits per heavy atom. The van der Waals surface area contributed by atoms with Crippen LogP contribution in [0.5, 0.6) is 0 Å². The molecular weight excluding hydrogens is 217 g/mol. The van der Waals surface area contributed by atoms with Crippen molar-refractivity contribution in [1.82, 2.24) is 4.90 Å². The van der Waals surface area contributed by atoms with Gasteiger partial charge in [-0.1, -0.05) is 17.9 Å². The number of hydrogen-bond donors (Lipinski definition) is 1. The van der Waals surface area contributed by atoms with Crippen LogP contribution in [-0.4, -0.2) is 29.7 Å². The van der Waals surface area contributed by atoms with E-state index in [1.807, 2.05) is 0 Å². The first kappa shape index (κ1) is 12.1. The SMILES string of the molecule is OCC#Cc1cc(F)ccc1CN1CCCC1. The highest BCUT2D eigenvalue weighted by molar-refractivity contribution is 5.41. The fourth-order valence-corrected chi connectivity index (χ4v) is 2.12. The lowest BCUT2D eigenvalue weighted by molar-refractivity contribution is 0.331. The Bertz CT molecular complexity index is 441. The third-order valence-electron chi connectivity index (χ3n) is 2.97. The molecule has 1 aromatic carbocycles. The summed E-state index contributed by atoms with van der Waals surface area (Å²) in [5, 5.41) is 8.69. The Labute approximate surface area is 101 Å². The van der Waals surface area contributed by atoms with E-state index in [0.717, 1.165) is 25.2 Å². The fourth-order valence-electron chi connectivity index (χ4n) is 2.12. The van der Waals surface area contributed by atoms with Gasteiger partial charge in [-0.3, -0.25) is 4.90 Å². The van der Waals surface area contributed by atoms with Crippen molar-refractivity contribution in [3.05, 3.63) is 35.1 Å². The van der Waals surface area contributed by atoms with Crippen molar-refractivity contribution in [2.24, 2.45) is 0 Å². The third-order valence-corrected chi connectivity index (χ3v) is 2.97. The number of benzene rings is 1. The van der Waals surface area contributed by atoms with Gasteiger partial charge < -0.3 is 5.11 Å². The van der Waals surface area contributed by atoms with Gasteiger partial charge in [-0.2, -0.15) is 0 Å². The summed E-state index contributed by atoms with van der Waals surface area (Å²) in [7, 11) is 0. The highest BCUT2D eigenvalue weighted by atomic mass is 19.1. The van der Waals surface area contributed by atoms with Gasteiger partial charge in [-0.15, -0.1) is 0 Å². The quantitative estimate of drug-likeness (QED) is 0.787. The van der Waals surface area contributed by atoms with E-state index in [4.69, 9.17) is 5.11 Å². The average Bonchev–Trinajstić information content (AvgIpc) is 2.82. The van der Waals surface area contributed by atoms with Crippen molar-refractivity contribution >= 4 is 0 Å². The lowest BCUT2D eigenvalue weighted by Crippen LogP contribution is -2.19. The maximum Gasteiger partial charge on any atom is 0.124 e. The van der Waals surface area contributed by atoms with E-state index in [1.54, 1.807) is 6.07 Å². The van der Waals surface area contributed by atoms with E-state index >= 15 is 0 Å². The number of aliphatic hydroxyl groups excluding tert-OH is 1. The molecule has 1 aromatic rings. The smallest absolute Gasteiger partial charge is 0.124 e. The van der Waals surface area contributed by atoms with Gasteiger partial charge in [0.25, 0.3) is 0 Å². The molecule has 3 heteroatoms. The number of hydrogen-bond acceptors (Lipinski definition) is 2. The first-order chi connectivity index (χ1) is 8.29. The Balaban J connectivity index is 2.19. The normalized spacial score (nSPS) is 15.6. The molecule has 2 rings (SSSR count). The molecule has 1 aliphatic heterocycles. The van der Waals surface area contributed by atoms with Gasteiger partial charge >= 0.3 is 0 Å². The van der Waals surface area contributed by atoms with Crippen LogP contribution in [0.1, 0.15) is 24.0 Å². The summed E-state index contributed by atoms with van der Waals surface area (Å²) in [4.78, 5) is 2.34. The Kier molecular flexibility index (Phi) is 4.13. The molecule has 1 N–H and O–H groups in total. The minimum Gasteiger partial charge on any atom is -0.384 e. The molecule has 1 aliphatic rings. The molecule has 0 spiro atoms. The second-order valence-electron chi connectivity index (χ2n) is 4.24. The van der Waals surface area contributed by atoms with Crippen molar-refractivity contribution in [3.63, 3.8) is 0 Å². The summed E-state index contributed by atoms with van der Waals surface area (Å²) < 4.78 is 13.1. The monoisotopic (exact) mass is 233 g/mol. The molecular formula is C14H16FNO. The zero-order chi connectivity index (χ0) is 12.1. The highest BCUT2D eigenvalue weighted by Gasteiger charge is 2.13. The van der Waals surface area contributed by atoms with Crippen LogP contribution in [0.2, 0.25) is 0 Å². The number of nitrogens with zero attached hydrogens (tertiary/aromatic N) is 1. The summed E-state index contributed by atoms with van der Waals surface area (Å²) >= 11 is 0. The Morgan fingerprint density at radius 3 is 2.76 bits per heavy atom. The number of rotatable bonds is 2. The molecule has 0 radical (unpaired) electrons.